The third kappa shape index (κ3) is 4.30. The molecule has 0 aliphatic heterocycles. The maximum absolute atomic E-state index is 11.2. The molecule has 2 N–H and O–H groups in total. The van der Waals surface area contributed by atoms with E-state index in [9.17, 15) is 4.79 Å². The molecule has 1 aliphatic carbocycles. The van der Waals surface area contributed by atoms with Crippen molar-refractivity contribution in [3.05, 3.63) is 11.8 Å². The first-order valence-corrected chi connectivity index (χ1v) is 5.43. The lowest BCUT2D eigenvalue weighted by Crippen LogP contribution is -2.37. The maximum atomic E-state index is 11.2. The molecule has 0 aromatic heterocycles. The summed E-state index contributed by atoms with van der Waals surface area (Å²) in [5, 5.41) is 5.56. The predicted octanol–water partition coefficient (Wildman–Crippen LogP) is 2.54. The molecule has 3 heteroatoms. The van der Waals surface area contributed by atoms with Crippen LogP contribution in [0.5, 0.6) is 0 Å². The van der Waals surface area contributed by atoms with Crippen LogP contribution in [-0.2, 0) is 0 Å². The van der Waals surface area contributed by atoms with Gasteiger partial charge in [-0.05, 0) is 39.5 Å². The van der Waals surface area contributed by atoms with Gasteiger partial charge in [-0.25, -0.2) is 4.79 Å². The predicted molar refractivity (Wildman–Crippen MR) is 58.0 cm³/mol. The molecule has 0 unspecified atom stereocenters. The second-order valence-corrected chi connectivity index (χ2v) is 4.14. The van der Waals surface area contributed by atoms with Crippen LogP contribution >= 0.6 is 0 Å². The monoisotopic (exact) mass is 196 g/mol. The molecule has 0 aromatic carbocycles. The highest BCUT2D eigenvalue weighted by Crippen LogP contribution is 2.21. The Kier molecular flexibility index (Phi) is 4.50. The van der Waals surface area contributed by atoms with Crippen LogP contribution in [-0.4, -0.2) is 12.1 Å². The van der Waals surface area contributed by atoms with Gasteiger partial charge >= 0.3 is 6.03 Å². The SMILES string of the molecule is CC(C)NC(=O)NC=C1CCCCC1. The molecule has 0 atom stereocenters. The van der Waals surface area contributed by atoms with Gasteiger partial charge in [0.1, 0.15) is 0 Å². The second kappa shape index (κ2) is 5.68. The van der Waals surface area contributed by atoms with Gasteiger partial charge in [0, 0.05) is 12.2 Å². The number of nitrogens with one attached hydrogen (secondary N) is 2. The lowest BCUT2D eigenvalue weighted by molar-refractivity contribution is 0.241. The Morgan fingerprint density at radius 2 is 1.93 bits per heavy atom. The average molecular weight is 196 g/mol. The summed E-state index contributed by atoms with van der Waals surface area (Å²) < 4.78 is 0. The van der Waals surface area contributed by atoms with Crippen molar-refractivity contribution in [2.24, 2.45) is 0 Å². The van der Waals surface area contributed by atoms with E-state index < -0.39 is 0 Å². The number of rotatable bonds is 2. The topological polar surface area (TPSA) is 41.1 Å². The highest BCUT2D eigenvalue weighted by Gasteiger charge is 2.05. The molecule has 0 spiro atoms. The summed E-state index contributed by atoms with van der Waals surface area (Å²) in [4.78, 5) is 11.2. The quantitative estimate of drug-likeness (QED) is 0.700. The largest absolute Gasteiger partial charge is 0.336 e. The van der Waals surface area contributed by atoms with Crippen molar-refractivity contribution in [3.8, 4) is 0 Å². The smallest absolute Gasteiger partial charge is 0.318 e. The van der Waals surface area contributed by atoms with Gasteiger partial charge in [0.15, 0.2) is 0 Å². The molecule has 1 aliphatic rings. The van der Waals surface area contributed by atoms with E-state index in [1.165, 1.54) is 24.8 Å². The third-order valence-electron chi connectivity index (χ3n) is 2.32. The van der Waals surface area contributed by atoms with Crippen molar-refractivity contribution in [2.45, 2.75) is 52.0 Å². The van der Waals surface area contributed by atoms with Gasteiger partial charge < -0.3 is 10.6 Å². The fourth-order valence-electron chi connectivity index (χ4n) is 1.62. The maximum Gasteiger partial charge on any atom is 0.318 e. The number of carbonyl (C=O) groups excluding carboxylic acids is 1. The van der Waals surface area contributed by atoms with E-state index >= 15 is 0 Å². The minimum atomic E-state index is -0.0990. The number of amides is 2. The van der Waals surface area contributed by atoms with Crippen LogP contribution in [0.1, 0.15) is 46.0 Å². The van der Waals surface area contributed by atoms with Gasteiger partial charge in [0.25, 0.3) is 0 Å². The zero-order chi connectivity index (χ0) is 10.4. The van der Waals surface area contributed by atoms with Gasteiger partial charge in [0.2, 0.25) is 0 Å². The highest BCUT2D eigenvalue weighted by atomic mass is 16.2. The highest BCUT2D eigenvalue weighted by molar-refractivity contribution is 5.75. The zero-order valence-corrected chi connectivity index (χ0v) is 9.10. The molecule has 80 valence electrons. The van der Waals surface area contributed by atoms with E-state index in [0.717, 1.165) is 12.8 Å². The number of urea groups is 1. The minimum Gasteiger partial charge on any atom is -0.336 e. The zero-order valence-electron chi connectivity index (χ0n) is 9.10. The molecule has 2 amide bonds. The van der Waals surface area contributed by atoms with Crippen molar-refractivity contribution < 1.29 is 4.79 Å². The first-order chi connectivity index (χ1) is 6.68. The Bertz CT molecular complexity index is 213. The molecule has 0 radical (unpaired) electrons. The van der Waals surface area contributed by atoms with Gasteiger partial charge in [-0.15, -0.1) is 0 Å². The summed E-state index contributed by atoms with van der Waals surface area (Å²) in [6.45, 7) is 3.90. The molecule has 0 heterocycles. The Balaban J connectivity index is 2.26. The van der Waals surface area contributed by atoms with Crippen LogP contribution in [0.4, 0.5) is 4.79 Å². The van der Waals surface area contributed by atoms with Gasteiger partial charge in [0.05, 0.1) is 0 Å². The third-order valence-corrected chi connectivity index (χ3v) is 2.32. The van der Waals surface area contributed by atoms with Crippen LogP contribution in [0.25, 0.3) is 0 Å². The number of allylic oxidation sites excluding steroid dienone is 1. The van der Waals surface area contributed by atoms with E-state index in [0.29, 0.717) is 0 Å². The Labute approximate surface area is 86.0 Å². The van der Waals surface area contributed by atoms with Crippen molar-refractivity contribution in [3.63, 3.8) is 0 Å². The second-order valence-electron chi connectivity index (χ2n) is 4.14. The van der Waals surface area contributed by atoms with Crippen LogP contribution in [0, 0.1) is 0 Å². The van der Waals surface area contributed by atoms with E-state index in [2.05, 4.69) is 10.6 Å². The number of carbonyl (C=O) groups is 1. The lowest BCUT2D eigenvalue weighted by Gasteiger charge is -2.14. The van der Waals surface area contributed by atoms with E-state index in [4.69, 9.17) is 0 Å². The van der Waals surface area contributed by atoms with Crippen LogP contribution in [0.2, 0.25) is 0 Å². The molecule has 1 fully saturated rings. The summed E-state index contributed by atoms with van der Waals surface area (Å²) in [7, 11) is 0. The van der Waals surface area contributed by atoms with Crippen molar-refractivity contribution >= 4 is 6.03 Å². The van der Waals surface area contributed by atoms with Gasteiger partial charge in [-0.1, -0.05) is 12.0 Å². The normalized spacial score (nSPS) is 16.6. The molecular weight excluding hydrogens is 176 g/mol. The molecule has 0 saturated heterocycles. The lowest BCUT2D eigenvalue weighted by atomic mass is 9.96. The minimum absolute atomic E-state index is 0.0990. The van der Waals surface area contributed by atoms with Crippen LogP contribution in [0.3, 0.4) is 0 Å². The summed E-state index contributed by atoms with van der Waals surface area (Å²) >= 11 is 0. The van der Waals surface area contributed by atoms with Gasteiger partial charge in [-0.2, -0.15) is 0 Å². The molecule has 1 saturated carbocycles. The fraction of sp³-hybridized carbons (Fsp3) is 0.727. The van der Waals surface area contributed by atoms with Crippen molar-refractivity contribution in [1.82, 2.24) is 10.6 Å². The number of hydrogen-bond acceptors (Lipinski definition) is 1. The summed E-state index contributed by atoms with van der Waals surface area (Å²) in [5.74, 6) is 0. The van der Waals surface area contributed by atoms with E-state index in [-0.39, 0.29) is 12.1 Å². The molecule has 14 heavy (non-hydrogen) atoms. The summed E-state index contributed by atoms with van der Waals surface area (Å²) in [6.07, 6.45) is 8.01. The van der Waals surface area contributed by atoms with E-state index in [1.807, 2.05) is 20.0 Å². The fourth-order valence-corrected chi connectivity index (χ4v) is 1.62. The first-order valence-electron chi connectivity index (χ1n) is 5.43. The Morgan fingerprint density at radius 1 is 1.29 bits per heavy atom. The van der Waals surface area contributed by atoms with E-state index in [1.54, 1.807) is 0 Å². The Hall–Kier alpha value is -0.990. The molecule has 0 bridgehead atoms. The average Bonchev–Trinajstić information content (AvgIpc) is 2.15. The van der Waals surface area contributed by atoms with Crippen molar-refractivity contribution in [2.75, 3.05) is 0 Å². The Morgan fingerprint density at radius 3 is 2.50 bits per heavy atom. The van der Waals surface area contributed by atoms with Crippen LogP contribution < -0.4 is 10.6 Å². The van der Waals surface area contributed by atoms with Crippen molar-refractivity contribution in [1.29, 1.82) is 0 Å². The molecule has 3 nitrogen and oxygen atoms in total. The standard InChI is InChI=1S/C11H20N2O/c1-9(2)13-11(14)12-8-10-6-4-3-5-7-10/h8-9H,3-7H2,1-2H3,(H2,12,13,14). The summed E-state index contributed by atoms with van der Waals surface area (Å²) in [5.41, 5.74) is 1.37. The molecular formula is C11H20N2O. The first kappa shape index (κ1) is 11.1. The van der Waals surface area contributed by atoms with Crippen LogP contribution in [0.15, 0.2) is 11.8 Å². The molecule has 0 aromatic rings. The van der Waals surface area contributed by atoms with Gasteiger partial charge in [-0.3, -0.25) is 0 Å². The number of hydrogen-bond donors (Lipinski definition) is 2. The molecule has 1 rings (SSSR count). The summed E-state index contributed by atoms with van der Waals surface area (Å²) in [6, 6.07) is 0.0952.